The number of aromatic amines is 1. The number of fused-ring (bicyclic) bond motifs is 3. The Morgan fingerprint density at radius 1 is 1.39 bits per heavy atom. The van der Waals surface area contributed by atoms with E-state index in [4.69, 9.17) is 0 Å². The molecule has 1 aromatic carbocycles. The van der Waals surface area contributed by atoms with Crippen LogP contribution in [0.3, 0.4) is 0 Å². The van der Waals surface area contributed by atoms with Crippen LogP contribution in [0.25, 0.3) is 10.9 Å². The van der Waals surface area contributed by atoms with Gasteiger partial charge in [0.25, 0.3) is 0 Å². The van der Waals surface area contributed by atoms with Crippen molar-refractivity contribution in [2.45, 2.75) is 32.7 Å². The monoisotopic (exact) mass is 246 g/mol. The Morgan fingerprint density at radius 2 is 2.17 bits per heavy atom. The maximum absolute atomic E-state index is 13.4. The van der Waals surface area contributed by atoms with Gasteiger partial charge in [-0.1, -0.05) is 13.8 Å². The fourth-order valence-corrected chi connectivity index (χ4v) is 3.23. The third kappa shape index (κ3) is 1.74. The van der Waals surface area contributed by atoms with Crippen LogP contribution in [0.15, 0.2) is 18.2 Å². The third-order valence-corrected chi connectivity index (χ3v) is 3.99. The van der Waals surface area contributed by atoms with Gasteiger partial charge in [-0.2, -0.15) is 0 Å². The molecule has 1 aromatic heterocycles. The largest absolute Gasteiger partial charge is 0.358 e. The number of halogens is 1. The number of hydrogen-bond donors (Lipinski definition) is 2. The van der Waals surface area contributed by atoms with Crippen molar-refractivity contribution < 1.29 is 4.39 Å². The molecule has 18 heavy (non-hydrogen) atoms. The number of benzene rings is 1. The van der Waals surface area contributed by atoms with E-state index in [1.165, 1.54) is 17.3 Å². The molecule has 3 heteroatoms. The first-order chi connectivity index (χ1) is 8.50. The van der Waals surface area contributed by atoms with E-state index in [9.17, 15) is 4.39 Å². The molecule has 96 valence electrons. The molecule has 0 bridgehead atoms. The second-order valence-corrected chi connectivity index (χ2v) is 6.09. The zero-order chi connectivity index (χ0) is 12.9. The number of aromatic nitrogens is 1. The highest BCUT2D eigenvalue weighted by Crippen LogP contribution is 2.43. The van der Waals surface area contributed by atoms with Crippen LogP contribution < -0.4 is 5.32 Å². The molecular formula is C15H19FN2. The van der Waals surface area contributed by atoms with Crippen LogP contribution in [0.4, 0.5) is 4.39 Å². The summed E-state index contributed by atoms with van der Waals surface area (Å²) in [6.45, 7) is 4.57. The lowest BCUT2D eigenvalue weighted by molar-refractivity contribution is 0.264. The highest BCUT2D eigenvalue weighted by Gasteiger charge is 2.33. The molecule has 0 spiro atoms. The second kappa shape index (κ2) is 3.82. The third-order valence-electron chi connectivity index (χ3n) is 3.99. The number of hydrogen-bond acceptors (Lipinski definition) is 1. The number of rotatable bonds is 1. The van der Waals surface area contributed by atoms with E-state index in [-0.39, 0.29) is 11.2 Å². The van der Waals surface area contributed by atoms with Crippen LogP contribution in [-0.4, -0.2) is 12.0 Å². The van der Waals surface area contributed by atoms with Crippen molar-refractivity contribution in [3.63, 3.8) is 0 Å². The maximum atomic E-state index is 13.4. The standard InChI is InChI=1S/C15H19FN2/c1-15(2)7-12(17-3)14-10-6-9(16)4-5-11(10)18-13(14)8-15/h4-6,12,17-18H,7-8H2,1-3H3. The first-order valence-electron chi connectivity index (χ1n) is 6.47. The SMILES string of the molecule is CNC1CC(C)(C)Cc2[nH]c3ccc(F)cc3c21. The minimum atomic E-state index is -0.163. The van der Waals surface area contributed by atoms with Gasteiger partial charge in [0.2, 0.25) is 0 Å². The van der Waals surface area contributed by atoms with E-state index in [1.54, 1.807) is 6.07 Å². The lowest BCUT2D eigenvalue weighted by Gasteiger charge is -2.35. The van der Waals surface area contributed by atoms with Gasteiger partial charge < -0.3 is 10.3 Å². The van der Waals surface area contributed by atoms with E-state index in [1.807, 2.05) is 13.1 Å². The molecule has 3 rings (SSSR count). The van der Waals surface area contributed by atoms with Crippen molar-refractivity contribution in [2.75, 3.05) is 7.05 Å². The Morgan fingerprint density at radius 3 is 2.89 bits per heavy atom. The molecule has 0 saturated heterocycles. The predicted octanol–water partition coefficient (Wildman–Crippen LogP) is 3.54. The molecule has 1 atom stereocenters. The van der Waals surface area contributed by atoms with Gasteiger partial charge in [-0.25, -0.2) is 4.39 Å². The van der Waals surface area contributed by atoms with Crippen LogP contribution in [0.2, 0.25) is 0 Å². The molecule has 0 aliphatic heterocycles. The van der Waals surface area contributed by atoms with E-state index in [0.29, 0.717) is 6.04 Å². The molecule has 0 saturated carbocycles. The van der Waals surface area contributed by atoms with Crippen molar-refractivity contribution in [2.24, 2.45) is 5.41 Å². The van der Waals surface area contributed by atoms with Gasteiger partial charge in [0.1, 0.15) is 5.82 Å². The summed E-state index contributed by atoms with van der Waals surface area (Å²) in [5, 5.41) is 4.40. The normalized spacial score (nSPS) is 22.1. The molecule has 0 fully saturated rings. The summed E-state index contributed by atoms with van der Waals surface area (Å²) in [5.74, 6) is -0.163. The van der Waals surface area contributed by atoms with Gasteiger partial charge in [0.15, 0.2) is 0 Å². The first-order valence-corrected chi connectivity index (χ1v) is 6.47. The Kier molecular flexibility index (Phi) is 2.49. The van der Waals surface area contributed by atoms with E-state index in [2.05, 4.69) is 24.1 Å². The Hall–Kier alpha value is -1.35. The highest BCUT2D eigenvalue weighted by molar-refractivity contribution is 5.85. The number of H-pyrrole nitrogens is 1. The van der Waals surface area contributed by atoms with E-state index >= 15 is 0 Å². The molecule has 2 nitrogen and oxygen atoms in total. The lowest BCUT2D eigenvalue weighted by atomic mass is 9.74. The van der Waals surface area contributed by atoms with Gasteiger partial charge in [-0.05, 0) is 49.1 Å². The molecule has 0 amide bonds. The fourth-order valence-electron chi connectivity index (χ4n) is 3.23. The van der Waals surface area contributed by atoms with Crippen LogP contribution >= 0.6 is 0 Å². The Bertz CT molecular complexity index is 598. The van der Waals surface area contributed by atoms with Crippen molar-refractivity contribution in [1.82, 2.24) is 10.3 Å². The number of nitrogens with one attached hydrogen (secondary N) is 2. The van der Waals surface area contributed by atoms with Crippen LogP contribution in [0.5, 0.6) is 0 Å². The van der Waals surface area contributed by atoms with Gasteiger partial charge in [0, 0.05) is 22.6 Å². The van der Waals surface area contributed by atoms with E-state index in [0.717, 1.165) is 23.7 Å². The van der Waals surface area contributed by atoms with E-state index < -0.39 is 0 Å². The summed E-state index contributed by atoms with van der Waals surface area (Å²) < 4.78 is 13.4. The minimum Gasteiger partial charge on any atom is -0.358 e. The van der Waals surface area contributed by atoms with Gasteiger partial charge in [-0.15, -0.1) is 0 Å². The smallest absolute Gasteiger partial charge is 0.123 e. The highest BCUT2D eigenvalue weighted by atomic mass is 19.1. The summed E-state index contributed by atoms with van der Waals surface area (Å²) >= 11 is 0. The molecule has 2 N–H and O–H groups in total. The van der Waals surface area contributed by atoms with Gasteiger partial charge in [-0.3, -0.25) is 0 Å². The van der Waals surface area contributed by atoms with Crippen molar-refractivity contribution >= 4 is 10.9 Å². The quantitative estimate of drug-likeness (QED) is 0.791. The van der Waals surface area contributed by atoms with Crippen molar-refractivity contribution in [3.8, 4) is 0 Å². The summed E-state index contributed by atoms with van der Waals surface area (Å²) in [5.41, 5.74) is 3.83. The molecule has 2 aromatic rings. The summed E-state index contributed by atoms with van der Waals surface area (Å²) in [6.07, 6.45) is 2.11. The molecule has 1 aliphatic carbocycles. The van der Waals surface area contributed by atoms with Gasteiger partial charge >= 0.3 is 0 Å². The topological polar surface area (TPSA) is 27.8 Å². The minimum absolute atomic E-state index is 0.163. The van der Waals surface area contributed by atoms with Crippen molar-refractivity contribution in [3.05, 3.63) is 35.3 Å². The Balaban J connectivity index is 2.24. The van der Waals surface area contributed by atoms with Crippen molar-refractivity contribution in [1.29, 1.82) is 0 Å². The molecule has 1 aliphatic rings. The first kappa shape index (κ1) is 11.7. The Labute approximate surface area is 107 Å². The maximum Gasteiger partial charge on any atom is 0.123 e. The summed E-state index contributed by atoms with van der Waals surface area (Å²) in [7, 11) is 1.98. The lowest BCUT2D eigenvalue weighted by Crippen LogP contribution is -2.31. The van der Waals surface area contributed by atoms with Crippen LogP contribution in [0, 0.1) is 11.2 Å². The second-order valence-electron chi connectivity index (χ2n) is 6.09. The molecule has 1 unspecified atom stereocenters. The van der Waals surface area contributed by atoms with Crippen LogP contribution in [-0.2, 0) is 6.42 Å². The molecular weight excluding hydrogens is 227 g/mol. The zero-order valence-corrected chi connectivity index (χ0v) is 11.1. The van der Waals surface area contributed by atoms with Crippen LogP contribution in [0.1, 0.15) is 37.6 Å². The predicted molar refractivity (Wildman–Crippen MR) is 72.2 cm³/mol. The average molecular weight is 246 g/mol. The summed E-state index contributed by atoms with van der Waals surface area (Å²) in [6, 6.07) is 5.30. The molecule has 0 radical (unpaired) electrons. The fraction of sp³-hybridized carbons (Fsp3) is 0.467. The summed E-state index contributed by atoms with van der Waals surface area (Å²) in [4.78, 5) is 3.46. The average Bonchev–Trinajstić information content (AvgIpc) is 2.63. The molecule has 1 heterocycles. The zero-order valence-electron chi connectivity index (χ0n) is 11.1. The van der Waals surface area contributed by atoms with Gasteiger partial charge in [0.05, 0.1) is 0 Å².